The van der Waals surface area contributed by atoms with Crippen molar-refractivity contribution in [2.45, 2.75) is 38.5 Å². The number of benzene rings is 1. The summed E-state index contributed by atoms with van der Waals surface area (Å²) in [5.74, 6) is 0.835. The smallest absolute Gasteiger partial charge is 0.123 e. The van der Waals surface area contributed by atoms with E-state index in [0.717, 1.165) is 24.3 Å². The summed E-state index contributed by atoms with van der Waals surface area (Å²) in [5, 5.41) is 4.09. The van der Waals surface area contributed by atoms with Crippen molar-refractivity contribution >= 4 is 11.8 Å². The summed E-state index contributed by atoms with van der Waals surface area (Å²) < 4.78 is 13.2. The molecule has 1 aromatic carbocycles. The molecule has 0 saturated carbocycles. The number of halogens is 1. The normalized spacial score (nSPS) is 13.0. The lowest BCUT2D eigenvalue weighted by atomic mass is 10.1. The van der Waals surface area contributed by atoms with E-state index < -0.39 is 0 Å². The van der Waals surface area contributed by atoms with Gasteiger partial charge in [-0.15, -0.1) is 0 Å². The first-order valence-electron chi connectivity index (χ1n) is 6.24. The molecule has 1 nitrogen and oxygen atoms in total. The molecule has 0 aliphatic rings. The van der Waals surface area contributed by atoms with Gasteiger partial charge < -0.3 is 5.32 Å². The number of thioether (sulfide) groups is 1. The maximum atomic E-state index is 13.2. The molecule has 0 heterocycles. The first kappa shape index (κ1) is 14.5. The average Bonchev–Trinajstić information content (AvgIpc) is 2.29. The molecule has 0 radical (unpaired) electrons. The highest BCUT2D eigenvalue weighted by atomic mass is 32.2. The van der Waals surface area contributed by atoms with E-state index >= 15 is 0 Å². The minimum atomic E-state index is -0.152. The number of hydrogen-bond donors (Lipinski definition) is 1. The summed E-state index contributed by atoms with van der Waals surface area (Å²) >= 11 is 1.91. The highest BCUT2D eigenvalue weighted by molar-refractivity contribution is 7.99. The molecule has 1 aromatic rings. The van der Waals surface area contributed by atoms with Crippen LogP contribution in [-0.2, 0) is 0 Å². The van der Waals surface area contributed by atoms with E-state index in [1.807, 2.05) is 17.8 Å². The maximum Gasteiger partial charge on any atom is 0.123 e. The Hall–Kier alpha value is -0.540. The van der Waals surface area contributed by atoms with Gasteiger partial charge in [-0.25, -0.2) is 4.39 Å². The third-order valence-electron chi connectivity index (χ3n) is 2.49. The van der Waals surface area contributed by atoms with E-state index in [9.17, 15) is 4.39 Å². The van der Waals surface area contributed by atoms with Gasteiger partial charge in [0.1, 0.15) is 5.82 Å². The zero-order chi connectivity index (χ0) is 12.7. The third kappa shape index (κ3) is 5.55. The van der Waals surface area contributed by atoms with Crippen molar-refractivity contribution in [3.05, 3.63) is 35.6 Å². The van der Waals surface area contributed by atoms with Crippen LogP contribution in [0.15, 0.2) is 24.3 Å². The zero-order valence-corrected chi connectivity index (χ0v) is 11.7. The van der Waals surface area contributed by atoms with Crippen LogP contribution < -0.4 is 5.32 Å². The predicted octanol–water partition coefficient (Wildman–Crippen LogP) is 4.01. The maximum absolute atomic E-state index is 13.2. The first-order valence-corrected chi connectivity index (χ1v) is 7.28. The molecule has 96 valence electrons. The third-order valence-corrected chi connectivity index (χ3v) is 3.68. The van der Waals surface area contributed by atoms with E-state index in [-0.39, 0.29) is 11.9 Å². The van der Waals surface area contributed by atoms with Crippen molar-refractivity contribution < 1.29 is 4.39 Å². The van der Waals surface area contributed by atoms with Gasteiger partial charge in [0.25, 0.3) is 0 Å². The van der Waals surface area contributed by atoms with Gasteiger partial charge in [-0.05, 0) is 35.9 Å². The molecule has 0 aliphatic carbocycles. The lowest BCUT2D eigenvalue weighted by Gasteiger charge is -2.19. The SMILES string of the molecule is CCCNC(CSC(C)C)c1cccc(F)c1. The van der Waals surface area contributed by atoms with Crippen LogP contribution >= 0.6 is 11.8 Å². The molecule has 0 amide bonds. The van der Waals surface area contributed by atoms with E-state index in [1.54, 1.807) is 12.1 Å². The minimum Gasteiger partial charge on any atom is -0.309 e. The molecule has 0 saturated heterocycles. The summed E-state index contributed by atoms with van der Waals surface area (Å²) in [6, 6.07) is 7.16. The standard InChI is InChI=1S/C14H22FNS/c1-4-8-16-14(10-17-11(2)3)12-6-5-7-13(15)9-12/h5-7,9,11,14,16H,4,8,10H2,1-3H3. The molecular weight excluding hydrogens is 233 g/mol. The summed E-state index contributed by atoms with van der Waals surface area (Å²) in [6.45, 7) is 7.49. The molecule has 17 heavy (non-hydrogen) atoms. The molecule has 1 N–H and O–H groups in total. The largest absolute Gasteiger partial charge is 0.309 e. The van der Waals surface area contributed by atoms with Crippen LogP contribution in [0.4, 0.5) is 4.39 Å². The average molecular weight is 255 g/mol. The molecule has 0 fully saturated rings. The van der Waals surface area contributed by atoms with E-state index in [1.165, 1.54) is 6.07 Å². The Morgan fingerprint density at radius 1 is 1.35 bits per heavy atom. The molecule has 1 unspecified atom stereocenters. The summed E-state index contributed by atoms with van der Waals surface area (Å²) in [6.07, 6.45) is 1.10. The Morgan fingerprint density at radius 3 is 2.71 bits per heavy atom. The van der Waals surface area contributed by atoms with Gasteiger partial charge in [0.15, 0.2) is 0 Å². The van der Waals surface area contributed by atoms with Crippen LogP contribution in [0.25, 0.3) is 0 Å². The quantitative estimate of drug-likeness (QED) is 0.790. The number of nitrogens with one attached hydrogen (secondary N) is 1. The Balaban J connectivity index is 2.67. The van der Waals surface area contributed by atoms with E-state index in [2.05, 4.69) is 26.1 Å². The summed E-state index contributed by atoms with van der Waals surface area (Å²) in [7, 11) is 0. The van der Waals surface area contributed by atoms with Crippen LogP contribution in [0.5, 0.6) is 0 Å². The Kier molecular flexibility index (Phi) is 6.60. The van der Waals surface area contributed by atoms with Gasteiger partial charge >= 0.3 is 0 Å². The van der Waals surface area contributed by atoms with Crippen molar-refractivity contribution in [2.75, 3.05) is 12.3 Å². The van der Waals surface area contributed by atoms with Crippen molar-refractivity contribution in [1.82, 2.24) is 5.32 Å². The van der Waals surface area contributed by atoms with Crippen LogP contribution in [-0.4, -0.2) is 17.5 Å². The lowest BCUT2D eigenvalue weighted by Crippen LogP contribution is -2.24. The molecular formula is C14H22FNS. The predicted molar refractivity (Wildman–Crippen MR) is 75.0 cm³/mol. The van der Waals surface area contributed by atoms with Gasteiger partial charge in [-0.3, -0.25) is 0 Å². The minimum absolute atomic E-state index is 0.152. The fourth-order valence-electron chi connectivity index (χ4n) is 1.60. The zero-order valence-electron chi connectivity index (χ0n) is 10.9. The van der Waals surface area contributed by atoms with E-state index in [4.69, 9.17) is 0 Å². The summed E-state index contributed by atoms with van der Waals surface area (Å²) in [4.78, 5) is 0. The van der Waals surface area contributed by atoms with Gasteiger partial charge in [0, 0.05) is 11.8 Å². The topological polar surface area (TPSA) is 12.0 Å². The molecule has 0 bridgehead atoms. The molecule has 3 heteroatoms. The molecule has 1 rings (SSSR count). The van der Waals surface area contributed by atoms with E-state index in [0.29, 0.717) is 5.25 Å². The second-order valence-corrected chi connectivity index (χ2v) is 6.05. The Morgan fingerprint density at radius 2 is 2.12 bits per heavy atom. The van der Waals surface area contributed by atoms with Gasteiger partial charge in [-0.1, -0.05) is 32.9 Å². The second-order valence-electron chi connectivity index (χ2n) is 4.44. The highest BCUT2D eigenvalue weighted by Gasteiger charge is 2.12. The van der Waals surface area contributed by atoms with Crippen LogP contribution in [0.1, 0.15) is 38.8 Å². The molecule has 1 atom stereocenters. The Bertz CT molecular complexity index is 328. The number of rotatable bonds is 7. The molecule has 0 spiro atoms. The lowest BCUT2D eigenvalue weighted by molar-refractivity contribution is 0.568. The fourth-order valence-corrected chi connectivity index (χ4v) is 2.49. The van der Waals surface area contributed by atoms with Crippen LogP contribution in [0, 0.1) is 5.82 Å². The molecule has 0 aromatic heterocycles. The van der Waals surface area contributed by atoms with Crippen LogP contribution in [0.2, 0.25) is 0 Å². The van der Waals surface area contributed by atoms with Crippen molar-refractivity contribution in [3.8, 4) is 0 Å². The second kappa shape index (κ2) is 7.72. The summed E-state index contributed by atoms with van der Waals surface area (Å²) in [5.41, 5.74) is 1.05. The van der Waals surface area contributed by atoms with Crippen molar-refractivity contribution in [1.29, 1.82) is 0 Å². The van der Waals surface area contributed by atoms with Gasteiger partial charge in [0.05, 0.1) is 0 Å². The molecule has 0 aliphatic heterocycles. The monoisotopic (exact) mass is 255 g/mol. The van der Waals surface area contributed by atoms with Crippen LogP contribution in [0.3, 0.4) is 0 Å². The fraction of sp³-hybridized carbons (Fsp3) is 0.571. The highest BCUT2D eigenvalue weighted by Crippen LogP contribution is 2.21. The van der Waals surface area contributed by atoms with Gasteiger partial charge in [0.2, 0.25) is 0 Å². The van der Waals surface area contributed by atoms with Crippen molar-refractivity contribution in [2.24, 2.45) is 0 Å². The Labute approximate surface area is 108 Å². The first-order chi connectivity index (χ1) is 8.13. The number of hydrogen-bond acceptors (Lipinski definition) is 2. The van der Waals surface area contributed by atoms with Gasteiger partial charge in [-0.2, -0.15) is 11.8 Å². The van der Waals surface area contributed by atoms with Crippen molar-refractivity contribution in [3.63, 3.8) is 0 Å².